The molecule has 0 aliphatic carbocycles. The Morgan fingerprint density at radius 2 is 1.85 bits per heavy atom. The number of rotatable bonds is 9. The van der Waals surface area contributed by atoms with Crippen molar-refractivity contribution >= 4 is 17.6 Å². The number of aromatic nitrogens is 1. The first-order valence-corrected chi connectivity index (χ1v) is 8.29. The van der Waals surface area contributed by atoms with Crippen LogP contribution in [0.25, 0.3) is 0 Å². The number of pyridine rings is 1. The molecule has 27 heavy (non-hydrogen) atoms. The molecule has 140 valence electrons. The molecule has 1 heterocycles. The quantitative estimate of drug-likeness (QED) is 0.401. The van der Waals surface area contributed by atoms with Gasteiger partial charge in [0.1, 0.15) is 12.3 Å². The standard InChI is InChI=1S/C10H13NO2.C9H11NO3.K/c1-2-8-5-3-4-6-9(8)11-7-10(12)13;11-9(12)2-1-7-13-8-3-5-10-6-4-8;/h3-6,11H,2,7H2,1H3,(H,12,13);3-6H,1-2,7H2,(H,11,12);/q;;+1/p-1. The van der Waals surface area contributed by atoms with E-state index in [1.165, 1.54) is 0 Å². The molecule has 0 amide bonds. The number of hydrogen-bond acceptors (Lipinski definition) is 6. The maximum absolute atomic E-state index is 10.3. The van der Waals surface area contributed by atoms with Gasteiger partial charge in [-0.2, -0.15) is 0 Å². The normalized spacial score (nSPS) is 9.22. The molecule has 2 rings (SSSR count). The van der Waals surface area contributed by atoms with E-state index in [1.807, 2.05) is 31.2 Å². The zero-order chi connectivity index (χ0) is 19.2. The van der Waals surface area contributed by atoms with Gasteiger partial charge in [0.15, 0.2) is 0 Å². The fraction of sp³-hybridized carbons (Fsp3) is 0.316. The van der Waals surface area contributed by atoms with Gasteiger partial charge < -0.3 is 25.1 Å². The van der Waals surface area contributed by atoms with Gasteiger partial charge in [-0.25, -0.2) is 0 Å². The molecule has 0 radical (unpaired) electrons. The summed E-state index contributed by atoms with van der Waals surface area (Å²) < 4.78 is 5.23. The number of anilines is 1. The van der Waals surface area contributed by atoms with Crippen LogP contribution in [0.15, 0.2) is 48.8 Å². The second-order valence-corrected chi connectivity index (χ2v) is 5.26. The Morgan fingerprint density at radius 1 is 1.19 bits per heavy atom. The third-order valence-electron chi connectivity index (χ3n) is 3.27. The number of aryl methyl sites for hydroxylation is 1. The number of benzene rings is 1. The van der Waals surface area contributed by atoms with Gasteiger partial charge in [-0.05, 0) is 43.0 Å². The van der Waals surface area contributed by atoms with Crippen molar-refractivity contribution < 1.29 is 75.9 Å². The van der Waals surface area contributed by atoms with Crippen LogP contribution in [0.3, 0.4) is 0 Å². The van der Waals surface area contributed by atoms with Gasteiger partial charge >= 0.3 is 57.4 Å². The molecule has 0 spiro atoms. The summed E-state index contributed by atoms with van der Waals surface area (Å²) in [6.45, 7) is 2.40. The number of carboxylic acids is 2. The fourth-order valence-corrected chi connectivity index (χ4v) is 2.01. The number of nitrogens with zero attached hydrogens (tertiary/aromatic N) is 1. The largest absolute Gasteiger partial charge is 1.00 e. The zero-order valence-corrected chi connectivity index (χ0v) is 18.8. The summed E-state index contributed by atoms with van der Waals surface area (Å²) in [5.41, 5.74) is 2.05. The first-order valence-electron chi connectivity index (χ1n) is 8.29. The number of carbonyl (C=O) groups is 2. The molecule has 0 aliphatic rings. The molecule has 0 fully saturated rings. The molecule has 2 aromatic rings. The zero-order valence-electron chi connectivity index (χ0n) is 15.7. The Labute approximate surface area is 201 Å². The minimum Gasteiger partial charge on any atom is -0.550 e. The molecular formula is C19H23KN2O5. The number of carbonyl (C=O) groups excluding carboxylic acids is 1. The number of ether oxygens (including phenoxy) is 1. The number of nitrogens with one attached hydrogen (secondary N) is 1. The van der Waals surface area contributed by atoms with Gasteiger partial charge in [0, 0.05) is 24.1 Å². The molecule has 1 aromatic carbocycles. The van der Waals surface area contributed by atoms with Crippen molar-refractivity contribution in [3.8, 4) is 5.75 Å². The number of carboxylic acid groups (broad SMARTS) is 2. The smallest absolute Gasteiger partial charge is 0.550 e. The number of para-hydroxylation sites is 1. The third-order valence-corrected chi connectivity index (χ3v) is 3.27. The summed E-state index contributed by atoms with van der Waals surface area (Å²) in [4.78, 5) is 24.2. The number of hydrogen-bond donors (Lipinski definition) is 2. The van der Waals surface area contributed by atoms with E-state index >= 15 is 0 Å². The van der Waals surface area contributed by atoms with E-state index in [1.54, 1.807) is 24.5 Å². The van der Waals surface area contributed by atoms with Gasteiger partial charge in [-0.15, -0.1) is 0 Å². The average molecular weight is 399 g/mol. The predicted molar refractivity (Wildman–Crippen MR) is 95.9 cm³/mol. The van der Waals surface area contributed by atoms with Crippen molar-refractivity contribution in [1.29, 1.82) is 0 Å². The molecule has 7 nitrogen and oxygen atoms in total. The summed E-state index contributed by atoms with van der Waals surface area (Å²) in [5.74, 6) is -1.18. The molecule has 1 aromatic heterocycles. The van der Waals surface area contributed by atoms with Crippen LogP contribution in [0, 0.1) is 0 Å². The topological polar surface area (TPSA) is 112 Å². The molecular weight excluding hydrogens is 375 g/mol. The van der Waals surface area contributed by atoms with Gasteiger partial charge in [0.2, 0.25) is 0 Å². The van der Waals surface area contributed by atoms with E-state index in [-0.39, 0.29) is 64.4 Å². The van der Waals surface area contributed by atoms with E-state index in [0.29, 0.717) is 18.8 Å². The van der Waals surface area contributed by atoms with Crippen LogP contribution in [-0.2, 0) is 16.0 Å². The van der Waals surface area contributed by atoms with Crippen LogP contribution in [0.2, 0.25) is 0 Å². The van der Waals surface area contributed by atoms with E-state index in [0.717, 1.165) is 17.7 Å². The summed E-state index contributed by atoms with van der Waals surface area (Å²) in [7, 11) is 0. The first kappa shape index (κ1) is 25.5. The monoisotopic (exact) mass is 398 g/mol. The summed E-state index contributed by atoms with van der Waals surface area (Å²) in [6, 6.07) is 11.2. The van der Waals surface area contributed by atoms with E-state index < -0.39 is 11.9 Å². The van der Waals surface area contributed by atoms with Crippen LogP contribution in [0.5, 0.6) is 5.75 Å². The van der Waals surface area contributed by atoms with Gasteiger partial charge in [0.25, 0.3) is 0 Å². The Kier molecular flexibility index (Phi) is 14.8. The summed E-state index contributed by atoms with van der Waals surface area (Å²) in [5, 5.41) is 21.4. The molecule has 8 heteroatoms. The molecule has 0 saturated heterocycles. The Balaban J connectivity index is 0.000000483. The van der Waals surface area contributed by atoms with Gasteiger partial charge in [0.05, 0.1) is 6.61 Å². The molecule has 0 atom stereocenters. The second-order valence-electron chi connectivity index (χ2n) is 5.26. The van der Waals surface area contributed by atoms with Crippen molar-refractivity contribution in [2.45, 2.75) is 26.2 Å². The van der Waals surface area contributed by atoms with Gasteiger partial charge in [-0.1, -0.05) is 25.1 Å². The summed E-state index contributed by atoms with van der Waals surface area (Å²) >= 11 is 0. The SMILES string of the molecule is CCc1ccccc1NCC(=O)O.O=C([O-])CCCOc1ccncc1.[K+]. The minimum absolute atomic E-state index is 0. The molecule has 0 bridgehead atoms. The molecule has 0 unspecified atom stereocenters. The average Bonchev–Trinajstić information content (AvgIpc) is 2.65. The third kappa shape index (κ3) is 12.5. The van der Waals surface area contributed by atoms with Crippen molar-refractivity contribution in [3.63, 3.8) is 0 Å². The van der Waals surface area contributed by atoms with Crippen molar-refractivity contribution in [2.24, 2.45) is 0 Å². The minimum atomic E-state index is -1.04. The Morgan fingerprint density at radius 3 is 2.44 bits per heavy atom. The van der Waals surface area contributed by atoms with Crippen LogP contribution < -0.4 is 66.5 Å². The van der Waals surface area contributed by atoms with Crippen LogP contribution in [-0.4, -0.2) is 35.2 Å². The van der Waals surface area contributed by atoms with Gasteiger partial charge in [-0.3, -0.25) is 9.78 Å². The number of aliphatic carboxylic acids is 2. The van der Waals surface area contributed by atoms with E-state index in [2.05, 4.69) is 10.3 Å². The van der Waals surface area contributed by atoms with E-state index in [9.17, 15) is 14.7 Å². The Bertz CT molecular complexity index is 683. The predicted octanol–water partition coefficient (Wildman–Crippen LogP) is -1.26. The molecule has 0 saturated carbocycles. The van der Waals surface area contributed by atoms with Crippen LogP contribution >= 0.6 is 0 Å². The maximum atomic E-state index is 10.3. The van der Waals surface area contributed by atoms with Crippen LogP contribution in [0.1, 0.15) is 25.3 Å². The van der Waals surface area contributed by atoms with Crippen molar-refractivity contribution in [3.05, 3.63) is 54.4 Å². The van der Waals surface area contributed by atoms with E-state index in [4.69, 9.17) is 9.84 Å². The fourth-order valence-electron chi connectivity index (χ4n) is 2.01. The van der Waals surface area contributed by atoms with Crippen LogP contribution in [0.4, 0.5) is 5.69 Å². The second kappa shape index (κ2) is 15.6. The Hall–Kier alpha value is -1.45. The molecule has 2 N–H and O–H groups in total. The summed E-state index contributed by atoms with van der Waals surface area (Å²) in [6.07, 6.45) is 4.64. The van der Waals surface area contributed by atoms with Crippen molar-refractivity contribution in [2.75, 3.05) is 18.5 Å². The maximum Gasteiger partial charge on any atom is 1.00 e. The first-order chi connectivity index (χ1) is 12.5. The molecule has 0 aliphatic heterocycles. The van der Waals surface area contributed by atoms with Crippen molar-refractivity contribution in [1.82, 2.24) is 4.98 Å².